The van der Waals surface area contributed by atoms with Crippen molar-refractivity contribution in [3.05, 3.63) is 95.7 Å². The Morgan fingerprint density at radius 3 is 2.38 bits per heavy atom. The Hall–Kier alpha value is -4.19. The van der Waals surface area contributed by atoms with Crippen molar-refractivity contribution in [3.8, 4) is 28.8 Å². The first-order valence-corrected chi connectivity index (χ1v) is 10.2. The Morgan fingerprint density at radius 2 is 1.66 bits per heavy atom. The number of hydrogen-bond acceptors (Lipinski definition) is 5. The lowest BCUT2D eigenvalue weighted by molar-refractivity contribution is 0.102. The number of carbonyl (C=O) groups excluding carboxylic acids is 1. The van der Waals surface area contributed by atoms with Crippen LogP contribution in [0.25, 0.3) is 11.4 Å². The zero-order valence-corrected chi connectivity index (χ0v) is 18.1. The Balaban J connectivity index is 1.50. The molecule has 4 aromatic rings. The minimum Gasteiger partial charge on any atom is -0.493 e. The third-order valence-electron chi connectivity index (χ3n) is 4.95. The number of benzene rings is 3. The van der Waals surface area contributed by atoms with Gasteiger partial charge in [0.05, 0.1) is 7.11 Å². The van der Waals surface area contributed by atoms with Gasteiger partial charge in [-0.3, -0.25) is 4.79 Å². The van der Waals surface area contributed by atoms with E-state index < -0.39 is 0 Å². The number of para-hydroxylation sites is 2. The summed E-state index contributed by atoms with van der Waals surface area (Å²) in [6.07, 6.45) is 1.63. The number of hydrogen-bond donors (Lipinski definition) is 1. The van der Waals surface area contributed by atoms with Crippen LogP contribution in [0.3, 0.4) is 0 Å². The fourth-order valence-electron chi connectivity index (χ4n) is 3.27. The molecule has 6 heteroatoms. The molecule has 3 aromatic carbocycles. The highest BCUT2D eigenvalue weighted by Crippen LogP contribution is 2.30. The number of carbonyl (C=O) groups is 1. The minimum atomic E-state index is -0.169. The van der Waals surface area contributed by atoms with Crippen LogP contribution < -0.4 is 14.8 Å². The maximum absolute atomic E-state index is 12.6. The van der Waals surface area contributed by atoms with Gasteiger partial charge in [0.15, 0.2) is 17.3 Å². The van der Waals surface area contributed by atoms with E-state index in [0.29, 0.717) is 28.8 Å². The average Bonchev–Trinajstić information content (AvgIpc) is 2.81. The van der Waals surface area contributed by atoms with Crippen LogP contribution in [0.2, 0.25) is 0 Å². The monoisotopic (exact) mass is 425 g/mol. The lowest BCUT2D eigenvalue weighted by Crippen LogP contribution is -2.12. The van der Waals surface area contributed by atoms with Gasteiger partial charge in [-0.05, 0) is 49.7 Å². The fourth-order valence-corrected chi connectivity index (χ4v) is 3.27. The Morgan fingerprint density at radius 1 is 0.906 bits per heavy atom. The molecular formula is C26H23N3O3. The van der Waals surface area contributed by atoms with E-state index in [-0.39, 0.29) is 5.91 Å². The van der Waals surface area contributed by atoms with Gasteiger partial charge >= 0.3 is 0 Å². The van der Waals surface area contributed by atoms with E-state index in [2.05, 4.69) is 15.3 Å². The first kappa shape index (κ1) is 21.1. The van der Waals surface area contributed by atoms with Crippen molar-refractivity contribution in [2.45, 2.75) is 13.8 Å². The summed E-state index contributed by atoms with van der Waals surface area (Å²) >= 11 is 0. The summed E-state index contributed by atoms with van der Waals surface area (Å²) in [5, 5.41) is 2.96. The van der Waals surface area contributed by atoms with Gasteiger partial charge in [-0.25, -0.2) is 4.98 Å². The lowest BCUT2D eigenvalue weighted by Gasteiger charge is -2.10. The van der Waals surface area contributed by atoms with Gasteiger partial charge in [0.1, 0.15) is 0 Å². The summed E-state index contributed by atoms with van der Waals surface area (Å²) < 4.78 is 11.2. The summed E-state index contributed by atoms with van der Waals surface area (Å²) in [7, 11) is 1.59. The Bertz CT molecular complexity index is 1250. The van der Waals surface area contributed by atoms with Crippen LogP contribution >= 0.6 is 0 Å². The predicted octanol–water partition coefficient (Wildman–Crippen LogP) is 5.81. The van der Waals surface area contributed by atoms with Gasteiger partial charge < -0.3 is 14.8 Å². The molecule has 0 fully saturated rings. The predicted molar refractivity (Wildman–Crippen MR) is 124 cm³/mol. The zero-order chi connectivity index (χ0) is 22.5. The standard InChI is InChI=1S/C26H23N3O3/c1-17-8-13-21(18(2)16-17)28-26(30)20-11-9-19(10-12-20)25-27-15-14-24(29-25)32-23-7-5-4-6-22(23)31-3/h4-16H,1-3H3,(H,28,30). The molecule has 6 nitrogen and oxygen atoms in total. The number of ether oxygens (including phenoxy) is 2. The van der Waals surface area contributed by atoms with E-state index in [0.717, 1.165) is 22.4 Å². The van der Waals surface area contributed by atoms with Crippen LogP contribution in [0.1, 0.15) is 21.5 Å². The smallest absolute Gasteiger partial charge is 0.255 e. The Labute approximate surface area is 186 Å². The normalized spacial score (nSPS) is 10.5. The molecule has 4 rings (SSSR count). The molecule has 1 N–H and O–H groups in total. The number of anilines is 1. The van der Waals surface area contributed by atoms with Crippen molar-refractivity contribution in [2.75, 3.05) is 12.4 Å². The maximum Gasteiger partial charge on any atom is 0.255 e. The van der Waals surface area contributed by atoms with Gasteiger partial charge in [0.2, 0.25) is 5.88 Å². The third kappa shape index (κ3) is 4.75. The van der Waals surface area contributed by atoms with Crippen molar-refractivity contribution >= 4 is 11.6 Å². The molecule has 160 valence electrons. The number of aryl methyl sites for hydroxylation is 2. The van der Waals surface area contributed by atoms with E-state index in [9.17, 15) is 4.79 Å². The summed E-state index contributed by atoms with van der Waals surface area (Å²) in [6, 6.07) is 22.1. The number of nitrogens with one attached hydrogen (secondary N) is 1. The van der Waals surface area contributed by atoms with Crippen LogP contribution in [0.5, 0.6) is 17.4 Å². The molecule has 0 radical (unpaired) electrons. The van der Waals surface area contributed by atoms with Gasteiger partial charge in [0.25, 0.3) is 5.91 Å². The van der Waals surface area contributed by atoms with E-state index in [4.69, 9.17) is 9.47 Å². The van der Waals surface area contributed by atoms with Gasteiger partial charge in [-0.15, -0.1) is 0 Å². The number of aromatic nitrogens is 2. The topological polar surface area (TPSA) is 73.3 Å². The van der Waals surface area contributed by atoms with E-state index >= 15 is 0 Å². The second-order valence-electron chi connectivity index (χ2n) is 7.32. The first-order valence-electron chi connectivity index (χ1n) is 10.2. The van der Waals surface area contributed by atoms with Crippen molar-refractivity contribution < 1.29 is 14.3 Å². The largest absolute Gasteiger partial charge is 0.493 e. The third-order valence-corrected chi connectivity index (χ3v) is 4.95. The highest BCUT2D eigenvalue weighted by Gasteiger charge is 2.11. The van der Waals surface area contributed by atoms with Crippen LogP contribution in [-0.2, 0) is 0 Å². The summed E-state index contributed by atoms with van der Waals surface area (Å²) in [4.78, 5) is 21.5. The lowest BCUT2D eigenvalue weighted by atomic mass is 10.1. The molecule has 0 aliphatic heterocycles. The second-order valence-corrected chi connectivity index (χ2v) is 7.32. The highest BCUT2D eigenvalue weighted by atomic mass is 16.5. The van der Waals surface area contributed by atoms with Gasteiger partial charge in [-0.1, -0.05) is 42.0 Å². The van der Waals surface area contributed by atoms with E-state index in [1.165, 1.54) is 0 Å². The first-order chi connectivity index (χ1) is 15.5. The summed E-state index contributed by atoms with van der Waals surface area (Å²) in [6.45, 7) is 4.00. The molecule has 0 saturated heterocycles. The van der Waals surface area contributed by atoms with Crippen LogP contribution in [0.15, 0.2) is 79.0 Å². The van der Waals surface area contributed by atoms with Crippen LogP contribution in [-0.4, -0.2) is 23.0 Å². The number of amides is 1. The highest BCUT2D eigenvalue weighted by molar-refractivity contribution is 6.04. The molecule has 1 amide bonds. The maximum atomic E-state index is 12.6. The Kier molecular flexibility index (Phi) is 6.12. The molecule has 32 heavy (non-hydrogen) atoms. The van der Waals surface area contributed by atoms with Gasteiger partial charge in [-0.2, -0.15) is 4.98 Å². The minimum absolute atomic E-state index is 0.169. The summed E-state index contributed by atoms with van der Waals surface area (Å²) in [5.74, 6) is 1.91. The van der Waals surface area contributed by atoms with Crippen molar-refractivity contribution in [3.63, 3.8) is 0 Å². The molecule has 1 aromatic heterocycles. The van der Waals surface area contributed by atoms with Gasteiger partial charge in [0, 0.05) is 29.1 Å². The van der Waals surface area contributed by atoms with E-state index in [1.54, 1.807) is 31.5 Å². The van der Waals surface area contributed by atoms with E-state index in [1.807, 2.05) is 68.4 Å². The molecule has 0 aliphatic carbocycles. The van der Waals surface area contributed by atoms with Crippen molar-refractivity contribution in [2.24, 2.45) is 0 Å². The molecule has 0 spiro atoms. The fraction of sp³-hybridized carbons (Fsp3) is 0.115. The molecular weight excluding hydrogens is 402 g/mol. The number of nitrogens with zero attached hydrogens (tertiary/aromatic N) is 2. The quantitative estimate of drug-likeness (QED) is 0.422. The summed E-state index contributed by atoms with van der Waals surface area (Å²) in [5.41, 5.74) is 4.31. The van der Waals surface area contributed by atoms with Crippen LogP contribution in [0, 0.1) is 13.8 Å². The molecule has 0 bridgehead atoms. The second kappa shape index (κ2) is 9.31. The average molecular weight is 425 g/mol. The van der Waals surface area contributed by atoms with Crippen LogP contribution in [0.4, 0.5) is 5.69 Å². The SMILES string of the molecule is COc1ccccc1Oc1ccnc(-c2ccc(C(=O)Nc3ccc(C)cc3C)cc2)n1. The molecule has 0 unspecified atom stereocenters. The van der Waals surface area contributed by atoms with Crippen molar-refractivity contribution in [1.29, 1.82) is 0 Å². The number of methoxy groups -OCH3 is 1. The molecule has 0 aliphatic rings. The zero-order valence-electron chi connectivity index (χ0n) is 18.1. The number of rotatable bonds is 6. The molecule has 0 atom stereocenters. The molecule has 1 heterocycles. The van der Waals surface area contributed by atoms with Crippen molar-refractivity contribution in [1.82, 2.24) is 9.97 Å². The molecule has 0 saturated carbocycles.